The average molecular weight is 208 g/mol. The molecular weight excluding hydrogens is 192 g/mol. The molecule has 0 aliphatic carbocycles. The van der Waals surface area contributed by atoms with Crippen LogP contribution in [0.2, 0.25) is 0 Å². The van der Waals surface area contributed by atoms with E-state index >= 15 is 0 Å². The van der Waals surface area contributed by atoms with Gasteiger partial charge < -0.3 is 14.6 Å². The van der Waals surface area contributed by atoms with Gasteiger partial charge in [-0.05, 0) is 18.6 Å². The van der Waals surface area contributed by atoms with Gasteiger partial charge >= 0.3 is 0 Å². The van der Waals surface area contributed by atoms with Crippen LogP contribution >= 0.6 is 0 Å². The Labute approximate surface area is 89.6 Å². The Kier molecular flexibility index (Phi) is 2.82. The van der Waals surface area contributed by atoms with Crippen LogP contribution in [-0.4, -0.2) is 18.3 Å². The summed E-state index contributed by atoms with van der Waals surface area (Å²) in [5.41, 5.74) is 0.862. The average Bonchev–Trinajstić information content (AvgIpc) is 2.28. The molecule has 3 heteroatoms. The van der Waals surface area contributed by atoms with Crippen LogP contribution in [0.4, 0.5) is 0 Å². The zero-order chi connectivity index (χ0) is 10.8. The summed E-state index contributed by atoms with van der Waals surface area (Å²) in [6, 6.07) is 5.54. The third-order valence-electron chi connectivity index (χ3n) is 2.81. The smallest absolute Gasteiger partial charge is 0.129 e. The summed E-state index contributed by atoms with van der Waals surface area (Å²) in [6.45, 7) is 2.06. The lowest BCUT2D eigenvalue weighted by Gasteiger charge is -2.29. The van der Waals surface area contributed by atoms with Crippen molar-refractivity contribution in [2.45, 2.75) is 32.0 Å². The van der Waals surface area contributed by atoms with Crippen LogP contribution in [0.5, 0.6) is 11.5 Å². The van der Waals surface area contributed by atoms with Gasteiger partial charge in [-0.2, -0.15) is 0 Å². The Balaban J connectivity index is 2.33. The molecule has 0 fully saturated rings. The Morgan fingerprint density at radius 3 is 3.00 bits per heavy atom. The molecule has 0 amide bonds. The molecule has 1 aromatic carbocycles. The zero-order valence-corrected chi connectivity index (χ0v) is 9.06. The van der Waals surface area contributed by atoms with E-state index in [1.54, 1.807) is 7.11 Å². The fraction of sp³-hybridized carbons (Fsp3) is 0.500. The van der Waals surface area contributed by atoms with Crippen LogP contribution in [0.3, 0.4) is 0 Å². The van der Waals surface area contributed by atoms with Gasteiger partial charge in [0.25, 0.3) is 0 Å². The molecule has 0 spiro atoms. The van der Waals surface area contributed by atoms with E-state index in [-0.39, 0.29) is 6.10 Å². The highest BCUT2D eigenvalue weighted by molar-refractivity contribution is 5.43. The number of methoxy groups -OCH3 is 1. The minimum atomic E-state index is -0.412. The second kappa shape index (κ2) is 4.11. The van der Waals surface area contributed by atoms with E-state index in [0.717, 1.165) is 23.5 Å². The predicted molar refractivity (Wildman–Crippen MR) is 57.3 cm³/mol. The van der Waals surface area contributed by atoms with Gasteiger partial charge in [-0.15, -0.1) is 0 Å². The fourth-order valence-corrected chi connectivity index (χ4v) is 1.87. The van der Waals surface area contributed by atoms with E-state index in [2.05, 4.69) is 6.92 Å². The lowest BCUT2D eigenvalue weighted by molar-refractivity contribution is 0.0640. The first-order valence-corrected chi connectivity index (χ1v) is 5.27. The van der Waals surface area contributed by atoms with Gasteiger partial charge in [0.2, 0.25) is 0 Å². The number of hydrogen-bond donors (Lipinski definition) is 1. The number of benzene rings is 1. The monoisotopic (exact) mass is 208 g/mol. The van der Waals surface area contributed by atoms with E-state index in [9.17, 15) is 5.11 Å². The molecule has 2 rings (SSSR count). The number of ether oxygens (including phenoxy) is 2. The molecule has 1 aliphatic heterocycles. The molecule has 1 aromatic rings. The molecule has 2 atom stereocenters. The van der Waals surface area contributed by atoms with E-state index in [1.165, 1.54) is 0 Å². The van der Waals surface area contributed by atoms with E-state index in [4.69, 9.17) is 9.47 Å². The van der Waals surface area contributed by atoms with Crippen molar-refractivity contribution >= 4 is 0 Å². The maximum absolute atomic E-state index is 9.91. The van der Waals surface area contributed by atoms with Gasteiger partial charge in [0.1, 0.15) is 17.6 Å². The molecule has 0 aromatic heterocycles. The highest BCUT2D eigenvalue weighted by Gasteiger charge is 2.25. The lowest BCUT2D eigenvalue weighted by Crippen LogP contribution is -2.24. The summed E-state index contributed by atoms with van der Waals surface area (Å²) in [6.07, 6.45) is 1.29. The van der Waals surface area contributed by atoms with E-state index < -0.39 is 6.10 Å². The first-order chi connectivity index (χ1) is 7.24. The van der Waals surface area contributed by atoms with E-state index in [1.807, 2.05) is 18.2 Å². The fourth-order valence-electron chi connectivity index (χ4n) is 1.87. The lowest BCUT2D eigenvalue weighted by atomic mass is 9.98. The normalized spacial score (nSPS) is 24.2. The Hall–Kier alpha value is -1.22. The van der Waals surface area contributed by atoms with Crippen molar-refractivity contribution in [2.75, 3.05) is 7.11 Å². The number of hydrogen-bond acceptors (Lipinski definition) is 3. The maximum atomic E-state index is 9.91. The molecule has 0 saturated carbocycles. The first kappa shape index (κ1) is 10.3. The summed E-state index contributed by atoms with van der Waals surface area (Å²) >= 11 is 0. The van der Waals surface area contributed by atoms with Crippen LogP contribution in [-0.2, 0) is 0 Å². The van der Waals surface area contributed by atoms with Gasteiger partial charge in [-0.3, -0.25) is 0 Å². The van der Waals surface area contributed by atoms with Gasteiger partial charge in [-0.1, -0.05) is 6.92 Å². The maximum Gasteiger partial charge on any atom is 0.129 e. The third kappa shape index (κ3) is 1.92. The van der Waals surface area contributed by atoms with Crippen molar-refractivity contribution in [1.29, 1.82) is 0 Å². The molecule has 1 aliphatic rings. The summed E-state index contributed by atoms with van der Waals surface area (Å²) in [7, 11) is 1.62. The van der Waals surface area contributed by atoms with Gasteiger partial charge in [0, 0.05) is 18.1 Å². The molecule has 0 saturated heterocycles. The van der Waals surface area contributed by atoms with Crippen LogP contribution in [0.1, 0.15) is 31.4 Å². The SMILES string of the molecule is CCC1CC(O)c2ccc(OC)cc2O1. The summed E-state index contributed by atoms with van der Waals surface area (Å²) < 4.78 is 10.9. The van der Waals surface area contributed by atoms with Crippen LogP contribution in [0, 0.1) is 0 Å². The van der Waals surface area contributed by atoms with Gasteiger partial charge in [0.05, 0.1) is 13.2 Å². The van der Waals surface area contributed by atoms with Crippen molar-refractivity contribution in [1.82, 2.24) is 0 Å². The highest BCUT2D eigenvalue weighted by Crippen LogP contribution is 2.37. The van der Waals surface area contributed by atoms with Crippen molar-refractivity contribution in [3.05, 3.63) is 23.8 Å². The second-order valence-electron chi connectivity index (χ2n) is 3.80. The van der Waals surface area contributed by atoms with Gasteiger partial charge in [-0.25, -0.2) is 0 Å². The van der Waals surface area contributed by atoms with Crippen molar-refractivity contribution in [3.63, 3.8) is 0 Å². The number of aliphatic hydroxyl groups excluding tert-OH is 1. The Bertz CT molecular complexity index is 349. The molecule has 2 unspecified atom stereocenters. The van der Waals surface area contributed by atoms with E-state index in [0.29, 0.717) is 6.42 Å². The van der Waals surface area contributed by atoms with Crippen LogP contribution in [0.15, 0.2) is 18.2 Å². The topological polar surface area (TPSA) is 38.7 Å². The second-order valence-corrected chi connectivity index (χ2v) is 3.80. The molecular formula is C12H16O3. The van der Waals surface area contributed by atoms with Crippen molar-refractivity contribution in [2.24, 2.45) is 0 Å². The number of rotatable bonds is 2. The van der Waals surface area contributed by atoms with Crippen LogP contribution < -0.4 is 9.47 Å². The minimum Gasteiger partial charge on any atom is -0.497 e. The molecule has 1 heterocycles. The minimum absolute atomic E-state index is 0.111. The first-order valence-electron chi connectivity index (χ1n) is 5.27. The molecule has 1 N–H and O–H groups in total. The largest absolute Gasteiger partial charge is 0.497 e. The standard InChI is InChI=1S/C12H16O3/c1-3-8-6-11(13)10-5-4-9(14-2)7-12(10)15-8/h4-5,7-8,11,13H,3,6H2,1-2H3. The molecule has 15 heavy (non-hydrogen) atoms. The summed E-state index contributed by atoms with van der Waals surface area (Å²) in [5.74, 6) is 1.51. The van der Waals surface area contributed by atoms with Gasteiger partial charge in [0.15, 0.2) is 0 Å². The quantitative estimate of drug-likeness (QED) is 0.810. The zero-order valence-electron chi connectivity index (χ0n) is 9.06. The predicted octanol–water partition coefficient (Wildman–Crippen LogP) is 2.29. The Morgan fingerprint density at radius 1 is 1.53 bits per heavy atom. The molecule has 0 bridgehead atoms. The Morgan fingerprint density at radius 2 is 2.33 bits per heavy atom. The third-order valence-corrected chi connectivity index (χ3v) is 2.81. The molecule has 0 radical (unpaired) electrons. The van der Waals surface area contributed by atoms with Crippen molar-refractivity contribution < 1.29 is 14.6 Å². The summed E-state index contributed by atoms with van der Waals surface area (Å²) in [4.78, 5) is 0. The molecule has 3 nitrogen and oxygen atoms in total. The van der Waals surface area contributed by atoms with Crippen molar-refractivity contribution in [3.8, 4) is 11.5 Å². The number of fused-ring (bicyclic) bond motifs is 1. The molecule has 82 valence electrons. The summed E-state index contributed by atoms with van der Waals surface area (Å²) in [5, 5.41) is 9.91. The van der Waals surface area contributed by atoms with Crippen LogP contribution in [0.25, 0.3) is 0 Å². The highest BCUT2D eigenvalue weighted by atomic mass is 16.5. The number of aliphatic hydroxyl groups is 1.